The summed E-state index contributed by atoms with van der Waals surface area (Å²) in [6.45, 7) is 3.22. The zero-order chi connectivity index (χ0) is 20.2. The lowest BCUT2D eigenvalue weighted by Crippen LogP contribution is -2.38. The summed E-state index contributed by atoms with van der Waals surface area (Å²) in [4.78, 5) is 12.3. The molecule has 9 heteroatoms. The molecule has 0 fully saturated rings. The van der Waals surface area contributed by atoms with Crippen LogP contribution in [0.2, 0.25) is 10.0 Å². The molecule has 0 radical (unpaired) electrons. The van der Waals surface area contributed by atoms with Crippen LogP contribution in [0.3, 0.4) is 0 Å². The zero-order valence-corrected chi connectivity index (χ0v) is 17.5. The first-order valence-electron chi connectivity index (χ1n) is 8.08. The Hall–Kier alpha value is -1.80. The van der Waals surface area contributed by atoms with E-state index >= 15 is 0 Å². The minimum absolute atomic E-state index is 0.0404. The van der Waals surface area contributed by atoms with Crippen LogP contribution in [0.4, 0.5) is 5.69 Å². The monoisotopic (exact) mass is 430 g/mol. The van der Waals surface area contributed by atoms with Gasteiger partial charge in [-0.3, -0.25) is 4.79 Å². The van der Waals surface area contributed by atoms with E-state index in [2.05, 4.69) is 5.32 Å². The Morgan fingerprint density at radius 1 is 1.19 bits per heavy atom. The topological polar surface area (TPSA) is 75.7 Å². The summed E-state index contributed by atoms with van der Waals surface area (Å²) in [7, 11) is -2.50. The quantitative estimate of drug-likeness (QED) is 0.720. The second kappa shape index (κ2) is 8.93. The Kier molecular flexibility index (Phi) is 7.11. The molecular weight excluding hydrogens is 411 g/mol. The molecule has 146 valence electrons. The Morgan fingerprint density at radius 2 is 1.89 bits per heavy atom. The highest BCUT2D eigenvalue weighted by molar-refractivity contribution is 7.89. The van der Waals surface area contributed by atoms with E-state index in [1.165, 1.54) is 25.3 Å². The number of aryl methyl sites for hydroxylation is 1. The van der Waals surface area contributed by atoms with Gasteiger partial charge in [0.15, 0.2) is 0 Å². The molecule has 1 N–H and O–H groups in total. The van der Waals surface area contributed by atoms with Crippen molar-refractivity contribution in [2.24, 2.45) is 0 Å². The lowest BCUT2D eigenvalue weighted by Gasteiger charge is -2.21. The maximum absolute atomic E-state index is 12.9. The van der Waals surface area contributed by atoms with Crippen LogP contribution in [0.15, 0.2) is 41.3 Å². The van der Waals surface area contributed by atoms with Crippen LogP contribution in [-0.4, -0.2) is 38.8 Å². The van der Waals surface area contributed by atoms with Gasteiger partial charge in [0.05, 0.1) is 24.4 Å². The second-order valence-electron chi connectivity index (χ2n) is 5.76. The molecule has 2 aromatic rings. The molecule has 0 spiro atoms. The summed E-state index contributed by atoms with van der Waals surface area (Å²) < 4.78 is 32.0. The third-order valence-corrected chi connectivity index (χ3v) is 6.45. The maximum Gasteiger partial charge on any atom is 0.245 e. The van der Waals surface area contributed by atoms with Crippen molar-refractivity contribution in [1.82, 2.24) is 4.31 Å². The first kappa shape index (κ1) is 21.5. The fourth-order valence-corrected chi connectivity index (χ4v) is 4.59. The molecule has 0 saturated carbocycles. The highest BCUT2D eigenvalue weighted by Gasteiger charge is 2.28. The largest absolute Gasteiger partial charge is 0.495 e. The Labute approximate surface area is 169 Å². The highest BCUT2D eigenvalue weighted by Crippen LogP contribution is 2.28. The van der Waals surface area contributed by atoms with Crippen LogP contribution in [0, 0.1) is 6.92 Å². The van der Waals surface area contributed by atoms with Gasteiger partial charge in [0.1, 0.15) is 10.6 Å². The Morgan fingerprint density at radius 3 is 2.52 bits per heavy atom. The summed E-state index contributed by atoms with van der Waals surface area (Å²) >= 11 is 11.9. The lowest BCUT2D eigenvalue weighted by atomic mass is 10.2. The van der Waals surface area contributed by atoms with E-state index in [0.29, 0.717) is 11.4 Å². The highest BCUT2D eigenvalue weighted by atomic mass is 35.5. The normalized spacial score (nSPS) is 11.5. The van der Waals surface area contributed by atoms with Gasteiger partial charge in [0, 0.05) is 11.6 Å². The first-order chi connectivity index (χ1) is 12.7. The van der Waals surface area contributed by atoms with Crippen molar-refractivity contribution < 1.29 is 17.9 Å². The number of nitrogens with one attached hydrogen (secondary N) is 1. The number of amides is 1. The predicted molar refractivity (Wildman–Crippen MR) is 107 cm³/mol. The van der Waals surface area contributed by atoms with Gasteiger partial charge in [-0.1, -0.05) is 36.2 Å². The SMILES string of the molecule is CCN(CC(=O)Nc1cc(C)ccc1OC)S(=O)(=O)c1cc(Cl)ccc1Cl. The van der Waals surface area contributed by atoms with E-state index < -0.39 is 15.9 Å². The number of carbonyl (C=O) groups excluding carboxylic acids is 1. The molecule has 0 aliphatic heterocycles. The van der Waals surface area contributed by atoms with Crippen molar-refractivity contribution in [3.05, 3.63) is 52.0 Å². The van der Waals surface area contributed by atoms with Gasteiger partial charge in [0.25, 0.3) is 0 Å². The molecule has 0 aliphatic carbocycles. The average molecular weight is 431 g/mol. The molecule has 27 heavy (non-hydrogen) atoms. The lowest BCUT2D eigenvalue weighted by molar-refractivity contribution is -0.116. The number of hydrogen-bond acceptors (Lipinski definition) is 4. The van der Waals surface area contributed by atoms with Gasteiger partial charge in [-0.15, -0.1) is 0 Å². The standard InChI is InChI=1S/C18H20Cl2N2O4S/c1-4-22(27(24,25)17-10-13(19)6-7-14(17)20)11-18(23)21-15-9-12(2)5-8-16(15)26-3/h5-10H,4,11H2,1-3H3,(H,21,23). The number of halogens is 2. The molecule has 2 rings (SSSR count). The second-order valence-corrected chi connectivity index (χ2v) is 8.51. The van der Waals surface area contributed by atoms with Gasteiger partial charge >= 0.3 is 0 Å². The third kappa shape index (κ3) is 5.13. The summed E-state index contributed by atoms with van der Waals surface area (Å²) in [5.41, 5.74) is 1.40. The minimum Gasteiger partial charge on any atom is -0.495 e. The number of benzene rings is 2. The van der Waals surface area contributed by atoms with Crippen molar-refractivity contribution in [3.8, 4) is 5.75 Å². The predicted octanol–water partition coefficient (Wildman–Crippen LogP) is 3.96. The molecule has 0 atom stereocenters. The molecule has 0 bridgehead atoms. The van der Waals surface area contributed by atoms with Crippen molar-refractivity contribution in [1.29, 1.82) is 0 Å². The Bertz CT molecular complexity index is 948. The molecule has 6 nitrogen and oxygen atoms in total. The molecule has 0 aliphatic rings. The van der Waals surface area contributed by atoms with E-state index in [4.69, 9.17) is 27.9 Å². The molecule has 2 aromatic carbocycles. The number of carbonyl (C=O) groups is 1. The maximum atomic E-state index is 12.9. The summed E-state index contributed by atoms with van der Waals surface area (Å²) in [6, 6.07) is 9.49. The van der Waals surface area contributed by atoms with E-state index in [1.54, 1.807) is 19.1 Å². The molecule has 0 heterocycles. The summed E-state index contributed by atoms with van der Waals surface area (Å²) in [5.74, 6) is -0.0137. The van der Waals surface area contributed by atoms with Crippen molar-refractivity contribution in [2.45, 2.75) is 18.7 Å². The van der Waals surface area contributed by atoms with Gasteiger partial charge < -0.3 is 10.1 Å². The number of rotatable bonds is 7. The molecule has 0 aromatic heterocycles. The minimum atomic E-state index is -3.99. The van der Waals surface area contributed by atoms with Crippen molar-refractivity contribution in [2.75, 3.05) is 25.5 Å². The molecule has 0 unspecified atom stereocenters. The summed E-state index contributed by atoms with van der Waals surface area (Å²) in [6.07, 6.45) is 0. The average Bonchev–Trinajstić information content (AvgIpc) is 2.61. The number of nitrogens with zero attached hydrogens (tertiary/aromatic N) is 1. The summed E-state index contributed by atoms with van der Waals surface area (Å²) in [5, 5.41) is 2.97. The van der Waals surface area contributed by atoms with Gasteiger partial charge in [0.2, 0.25) is 15.9 Å². The van der Waals surface area contributed by atoms with Gasteiger partial charge in [-0.2, -0.15) is 4.31 Å². The van der Waals surface area contributed by atoms with Crippen LogP contribution in [0.5, 0.6) is 5.75 Å². The van der Waals surface area contributed by atoms with Crippen molar-refractivity contribution in [3.63, 3.8) is 0 Å². The number of methoxy groups -OCH3 is 1. The van der Waals surface area contributed by atoms with E-state index in [1.807, 2.05) is 13.0 Å². The molecule has 1 amide bonds. The first-order valence-corrected chi connectivity index (χ1v) is 10.3. The van der Waals surface area contributed by atoms with Crippen molar-refractivity contribution >= 4 is 44.8 Å². The number of ether oxygens (including phenoxy) is 1. The van der Waals surface area contributed by atoms with Crippen LogP contribution in [-0.2, 0) is 14.8 Å². The third-order valence-electron chi connectivity index (χ3n) is 3.81. The number of hydrogen-bond donors (Lipinski definition) is 1. The van der Waals surface area contributed by atoms with E-state index in [0.717, 1.165) is 9.87 Å². The van der Waals surface area contributed by atoms with Crippen LogP contribution in [0.1, 0.15) is 12.5 Å². The fourth-order valence-electron chi connectivity index (χ4n) is 2.45. The number of likely N-dealkylation sites (N-methyl/N-ethyl adjacent to an activating group) is 1. The van der Waals surface area contributed by atoms with Gasteiger partial charge in [-0.05, 0) is 42.8 Å². The molecule has 0 saturated heterocycles. The van der Waals surface area contributed by atoms with Crippen LogP contribution < -0.4 is 10.1 Å². The smallest absolute Gasteiger partial charge is 0.245 e. The molecular formula is C18H20Cl2N2O4S. The van der Waals surface area contributed by atoms with Gasteiger partial charge in [-0.25, -0.2) is 8.42 Å². The van der Waals surface area contributed by atoms with E-state index in [9.17, 15) is 13.2 Å². The fraction of sp³-hybridized carbons (Fsp3) is 0.278. The number of anilines is 1. The number of sulfonamides is 1. The van der Waals surface area contributed by atoms with Crippen LogP contribution in [0.25, 0.3) is 0 Å². The van der Waals surface area contributed by atoms with E-state index in [-0.39, 0.29) is 28.0 Å². The zero-order valence-electron chi connectivity index (χ0n) is 15.1. The van der Waals surface area contributed by atoms with Crippen LogP contribution >= 0.6 is 23.2 Å². The Balaban J connectivity index is 2.25.